The minimum atomic E-state index is -1.49. The van der Waals surface area contributed by atoms with Crippen LogP contribution < -0.4 is 0 Å². The van der Waals surface area contributed by atoms with Gasteiger partial charge in [-0.25, -0.2) is 13.9 Å². The molecule has 1 aliphatic rings. The van der Waals surface area contributed by atoms with Crippen LogP contribution in [0.1, 0.15) is 34.8 Å². The van der Waals surface area contributed by atoms with Crippen LogP contribution in [0.15, 0.2) is 24.4 Å². The van der Waals surface area contributed by atoms with Crippen molar-refractivity contribution in [3.05, 3.63) is 51.6 Å². The number of rotatable bonds is 4. The van der Waals surface area contributed by atoms with Gasteiger partial charge in [0.15, 0.2) is 5.82 Å². The lowest BCUT2D eigenvalue weighted by Crippen LogP contribution is -2.07. The van der Waals surface area contributed by atoms with Gasteiger partial charge in [-0.1, -0.05) is 0 Å². The first kappa shape index (κ1) is 13.2. The van der Waals surface area contributed by atoms with Gasteiger partial charge in [0, 0.05) is 12.1 Å². The molecule has 21 heavy (non-hydrogen) atoms. The highest BCUT2D eigenvalue weighted by Gasteiger charge is 2.27. The molecule has 108 valence electrons. The number of carboxylic acid groups (broad SMARTS) is 1. The number of hydrogen-bond donors (Lipinski definition) is 1. The second-order valence-electron chi connectivity index (χ2n) is 4.84. The zero-order chi connectivity index (χ0) is 15.1. The maximum atomic E-state index is 14.0. The molecule has 0 aliphatic heterocycles. The van der Waals surface area contributed by atoms with Gasteiger partial charge in [-0.15, -0.1) is 0 Å². The summed E-state index contributed by atoms with van der Waals surface area (Å²) in [4.78, 5) is 20.9. The molecular weight excluding hydrogens is 281 g/mol. The molecule has 0 unspecified atom stereocenters. The van der Waals surface area contributed by atoms with Gasteiger partial charge in [-0.2, -0.15) is 5.10 Å². The summed E-state index contributed by atoms with van der Waals surface area (Å²) in [5.74, 6) is -2.01. The number of aromatic carboxylic acids is 1. The van der Waals surface area contributed by atoms with Crippen LogP contribution in [0.2, 0.25) is 0 Å². The number of hydrogen-bond acceptors (Lipinski definition) is 4. The molecule has 1 N–H and O–H groups in total. The predicted molar refractivity (Wildman–Crippen MR) is 69.1 cm³/mol. The molecule has 1 aromatic heterocycles. The van der Waals surface area contributed by atoms with Gasteiger partial charge in [0.2, 0.25) is 0 Å². The molecule has 8 heteroatoms. The lowest BCUT2D eigenvalue weighted by atomic mass is 10.1. The molecule has 2 aromatic rings. The topological polar surface area (TPSA) is 98.3 Å². The van der Waals surface area contributed by atoms with Crippen LogP contribution in [0.4, 0.5) is 10.1 Å². The Kier molecular flexibility index (Phi) is 2.93. The van der Waals surface area contributed by atoms with Gasteiger partial charge in [0.05, 0.1) is 16.7 Å². The molecule has 1 aliphatic carbocycles. The maximum absolute atomic E-state index is 14.0. The second kappa shape index (κ2) is 4.65. The average Bonchev–Trinajstić information content (AvgIpc) is 3.16. The van der Waals surface area contributed by atoms with Crippen molar-refractivity contribution in [1.82, 2.24) is 9.78 Å². The summed E-state index contributed by atoms with van der Waals surface area (Å²) in [6.07, 6.45) is 3.57. The second-order valence-corrected chi connectivity index (χ2v) is 4.84. The Balaban J connectivity index is 2.10. The molecule has 1 saturated carbocycles. The van der Waals surface area contributed by atoms with Crippen LogP contribution in [-0.4, -0.2) is 25.8 Å². The van der Waals surface area contributed by atoms with E-state index in [0.29, 0.717) is 12.0 Å². The fraction of sp³-hybridized carbons (Fsp3) is 0.231. The van der Waals surface area contributed by atoms with Crippen LogP contribution >= 0.6 is 0 Å². The fourth-order valence-electron chi connectivity index (χ4n) is 2.12. The zero-order valence-electron chi connectivity index (χ0n) is 10.7. The molecule has 0 radical (unpaired) electrons. The molecule has 1 heterocycles. The molecular formula is C13H10FN3O4. The normalized spacial score (nSPS) is 14.1. The van der Waals surface area contributed by atoms with E-state index in [4.69, 9.17) is 5.11 Å². The molecule has 1 aromatic carbocycles. The number of carbonyl (C=O) groups is 1. The van der Waals surface area contributed by atoms with Crippen molar-refractivity contribution in [2.24, 2.45) is 0 Å². The molecule has 1 fully saturated rings. The summed E-state index contributed by atoms with van der Waals surface area (Å²) in [5.41, 5.74) is -0.660. The van der Waals surface area contributed by atoms with E-state index in [1.807, 2.05) is 0 Å². The standard InChI is InChI=1S/C13H10FN3O4/c14-9-6-11(17(20)21)8(13(18)19)5-12(9)16-4-3-10(15-16)7-1-2-7/h3-7H,1-2H2,(H,18,19). The predicted octanol–water partition coefficient (Wildman–Crippen LogP) is 2.50. The van der Waals surface area contributed by atoms with E-state index in [1.54, 1.807) is 6.07 Å². The minimum absolute atomic E-state index is 0.120. The van der Waals surface area contributed by atoms with E-state index in [-0.39, 0.29) is 5.69 Å². The lowest BCUT2D eigenvalue weighted by Gasteiger charge is -2.05. The van der Waals surface area contributed by atoms with Crippen LogP contribution in [0, 0.1) is 15.9 Å². The van der Waals surface area contributed by atoms with Crippen molar-refractivity contribution < 1.29 is 19.2 Å². The van der Waals surface area contributed by atoms with Crippen molar-refractivity contribution in [2.45, 2.75) is 18.8 Å². The summed E-state index contributed by atoms with van der Waals surface area (Å²) in [6.45, 7) is 0. The van der Waals surface area contributed by atoms with Gasteiger partial charge < -0.3 is 5.11 Å². The van der Waals surface area contributed by atoms with E-state index in [1.165, 1.54) is 10.9 Å². The summed E-state index contributed by atoms with van der Waals surface area (Å²) in [6, 6.07) is 3.27. The Hall–Kier alpha value is -2.77. The third-order valence-corrected chi connectivity index (χ3v) is 3.34. The number of halogens is 1. The maximum Gasteiger partial charge on any atom is 0.342 e. The Morgan fingerprint density at radius 1 is 1.48 bits per heavy atom. The summed E-state index contributed by atoms with van der Waals surface area (Å²) >= 11 is 0. The Bertz CT molecular complexity index is 752. The van der Waals surface area contributed by atoms with E-state index >= 15 is 0 Å². The number of nitrogens with zero attached hydrogens (tertiary/aromatic N) is 3. The number of carboxylic acids is 1. The third kappa shape index (κ3) is 2.35. The SMILES string of the molecule is O=C(O)c1cc(-n2ccc(C3CC3)n2)c(F)cc1[N+](=O)[O-]. The highest BCUT2D eigenvalue weighted by molar-refractivity contribution is 5.93. The number of aromatic nitrogens is 2. The Morgan fingerprint density at radius 3 is 2.76 bits per heavy atom. The fourth-order valence-corrected chi connectivity index (χ4v) is 2.12. The molecule has 0 saturated heterocycles. The number of benzene rings is 1. The van der Waals surface area contributed by atoms with Gasteiger partial charge in [0.1, 0.15) is 11.3 Å². The van der Waals surface area contributed by atoms with E-state index < -0.39 is 28.0 Å². The molecule has 0 atom stereocenters. The first-order valence-electron chi connectivity index (χ1n) is 6.24. The van der Waals surface area contributed by atoms with Crippen LogP contribution in [0.5, 0.6) is 0 Å². The zero-order valence-corrected chi connectivity index (χ0v) is 10.7. The van der Waals surface area contributed by atoms with Gasteiger partial charge in [-0.05, 0) is 25.0 Å². The van der Waals surface area contributed by atoms with Crippen molar-refractivity contribution in [1.29, 1.82) is 0 Å². The first-order chi connectivity index (χ1) is 9.97. The van der Waals surface area contributed by atoms with Crippen LogP contribution in [-0.2, 0) is 0 Å². The quantitative estimate of drug-likeness (QED) is 0.689. The molecule has 3 rings (SSSR count). The largest absolute Gasteiger partial charge is 0.477 e. The van der Waals surface area contributed by atoms with E-state index in [2.05, 4.69) is 5.10 Å². The monoisotopic (exact) mass is 291 g/mol. The lowest BCUT2D eigenvalue weighted by molar-refractivity contribution is -0.385. The average molecular weight is 291 g/mol. The third-order valence-electron chi connectivity index (χ3n) is 3.34. The van der Waals surface area contributed by atoms with Crippen molar-refractivity contribution in [3.8, 4) is 5.69 Å². The summed E-state index contributed by atoms with van der Waals surface area (Å²) in [5, 5.41) is 24.0. The summed E-state index contributed by atoms with van der Waals surface area (Å²) < 4.78 is 15.2. The Morgan fingerprint density at radius 2 is 2.19 bits per heavy atom. The van der Waals surface area contributed by atoms with E-state index in [0.717, 1.165) is 24.6 Å². The van der Waals surface area contributed by atoms with Gasteiger partial charge in [-0.3, -0.25) is 10.1 Å². The number of nitro benzene ring substituents is 1. The van der Waals surface area contributed by atoms with Gasteiger partial charge in [0.25, 0.3) is 5.69 Å². The minimum Gasteiger partial charge on any atom is -0.477 e. The number of nitro groups is 1. The summed E-state index contributed by atoms with van der Waals surface area (Å²) in [7, 11) is 0. The molecule has 0 amide bonds. The van der Waals surface area contributed by atoms with Crippen molar-refractivity contribution in [2.75, 3.05) is 0 Å². The molecule has 0 spiro atoms. The molecule has 7 nitrogen and oxygen atoms in total. The Labute approximate surface area is 117 Å². The molecule has 0 bridgehead atoms. The van der Waals surface area contributed by atoms with Crippen LogP contribution in [0.3, 0.4) is 0 Å². The highest BCUT2D eigenvalue weighted by Crippen LogP contribution is 2.39. The van der Waals surface area contributed by atoms with E-state index in [9.17, 15) is 19.3 Å². The van der Waals surface area contributed by atoms with Gasteiger partial charge >= 0.3 is 5.97 Å². The van der Waals surface area contributed by atoms with Crippen LogP contribution in [0.25, 0.3) is 5.69 Å². The first-order valence-corrected chi connectivity index (χ1v) is 6.24. The van der Waals surface area contributed by atoms with Crippen molar-refractivity contribution in [3.63, 3.8) is 0 Å². The smallest absolute Gasteiger partial charge is 0.342 e. The van der Waals surface area contributed by atoms with Crippen molar-refractivity contribution >= 4 is 11.7 Å². The highest BCUT2D eigenvalue weighted by atomic mass is 19.1.